The summed E-state index contributed by atoms with van der Waals surface area (Å²) in [5, 5.41) is 17.2. The van der Waals surface area contributed by atoms with E-state index in [4.69, 9.17) is 25.5 Å². The van der Waals surface area contributed by atoms with Crippen LogP contribution in [0, 0.1) is 13.8 Å². The van der Waals surface area contributed by atoms with Gasteiger partial charge in [-0.05, 0) is 85.3 Å². The zero-order valence-electron chi connectivity index (χ0n) is 23.8. The van der Waals surface area contributed by atoms with Gasteiger partial charge in [-0.3, -0.25) is 9.59 Å². The van der Waals surface area contributed by atoms with E-state index < -0.39 is 30.2 Å². The van der Waals surface area contributed by atoms with Crippen LogP contribution in [0.2, 0.25) is 0 Å². The van der Waals surface area contributed by atoms with Crippen LogP contribution < -0.4 is 16.0 Å². The molecule has 2 amide bonds. The highest BCUT2D eigenvalue weighted by atomic mass is 19.4. The average molecular weight is 643 g/mol. The molecule has 1 aliphatic heterocycles. The van der Waals surface area contributed by atoms with E-state index >= 15 is 0 Å². The van der Waals surface area contributed by atoms with Crippen LogP contribution in [0.25, 0.3) is 11.1 Å². The molecular weight excluding hydrogens is 614 g/mol. The first kappa shape index (κ1) is 36.0. The van der Waals surface area contributed by atoms with Gasteiger partial charge in [0.2, 0.25) is 5.91 Å². The van der Waals surface area contributed by atoms with Gasteiger partial charge in [-0.2, -0.15) is 26.3 Å². The Balaban J connectivity index is 0.000000421. The fourth-order valence-corrected chi connectivity index (χ4v) is 3.94. The van der Waals surface area contributed by atoms with Gasteiger partial charge in [0, 0.05) is 36.1 Å². The number of carbonyl (C=O) groups excluding carboxylic acids is 2. The largest absolute Gasteiger partial charge is 0.490 e. The molecule has 0 saturated carbocycles. The van der Waals surface area contributed by atoms with Gasteiger partial charge < -0.3 is 26.2 Å². The molecule has 0 atom stereocenters. The molecule has 0 radical (unpaired) electrons. The Morgan fingerprint density at radius 1 is 0.778 bits per heavy atom. The topological polar surface area (TPSA) is 163 Å². The lowest BCUT2D eigenvalue weighted by molar-refractivity contribution is -0.193. The molecule has 16 heteroatoms. The molecular formula is C29H28F6N4O6. The predicted octanol–water partition coefficient (Wildman–Crippen LogP) is 5.58. The molecule has 45 heavy (non-hydrogen) atoms. The lowest BCUT2D eigenvalue weighted by atomic mass is 9.94. The van der Waals surface area contributed by atoms with Gasteiger partial charge in [-0.1, -0.05) is 12.1 Å². The minimum atomic E-state index is -5.08. The Bertz CT molecular complexity index is 1530. The van der Waals surface area contributed by atoms with Crippen LogP contribution in [0.15, 0.2) is 54.7 Å². The zero-order valence-corrected chi connectivity index (χ0v) is 23.8. The van der Waals surface area contributed by atoms with E-state index in [1.54, 1.807) is 24.4 Å². The van der Waals surface area contributed by atoms with Gasteiger partial charge in [-0.25, -0.2) is 14.6 Å². The van der Waals surface area contributed by atoms with Crippen molar-refractivity contribution in [2.24, 2.45) is 5.73 Å². The highest BCUT2D eigenvalue weighted by molar-refractivity contribution is 6.05. The first-order chi connectivity index (χ1) is 20.8. The molecule has 0 unspecified atom stereocenters. The summed E-state index contributed by atoms with van der Waals surface area (Å²) in [6.45, 7) is 5.94. The molecule has 1 aromatic heterocycles. The van der Waals surface area contributed by atoms with Crippen molar-refractivity contribution < 1.29 is 55.7 Å². The molecule has 0 bridgehead atoms. The summed E-state index contributed by atoms with van der Waals surface area (Å²) in [5.74, 6) is -5.32. The lowest BCUT2D eigenvalue weighted by Gasteiger charge is -2.17. The summed E-state index contributed by atoms with van der Waals surface area (Å²) in [7, 11) is 0. The quantitative estimate of drug-likeness (QED) is 0.262. The van der Waals surface area contributed by atoms with Crippen molar-refractivity contribution in [1.82, 2.24) is 4.98 Å². The van der Waals surface area contributed by atoms with Crippen molar-refractivity contribution >= 4 is 35.3 Å². The number of carbonyl (C=O) groups is 4. The number of carboxylic acid groups (broad SMARTS) is 2. The predicted molar refractivity (Wildman–Crippen MR) is 151 cm³/mol. The minimum Gasteiger partial charge on any atom is -0.475 e. The number of hydrogen-bond acceptors (Lipinski definition) is 6. The van der Waals surface area contributed by atoms with E-state index in [9.17, 15) is 35.9 Å². The Labute approximate surface area is 252 Å². The van der Waals surface area contributed by atoms with Gasteiger partial charge in [0.25, 0.3) is 5.91 Å². The first-order valence-electron chi connectivity index (χ1n) is 12.9. The molecule has 4 rings (SSSR count). The van der Waals surface area contributed by atoms with Crippen molar-refractivity contribution in [2.75, 3.05) is 23.3 Å². The number of nitrogens with two attached hydrogens (primary N) is 1. The average Bonchev–Trinajstić information content (AvgIpc) is 3.49. The number of rotatable bonds is 5. The SMILES string of the molecule is Cc1ccc(NC(=O)c2ccnc(N3CCCC3)c2)cc1-c1cc(C(N)=O)ccc1C.O=C(O)C(F)(F)F.O=C(O)C(F)(F)F. The standard InChI is InChI=1S/C25H26N4O2.2C2HF3O2/c1-16-5-7-18(24(26)30)13-21(16)22-15-20(8-6-17(22)2)28-25(31)19-9-10-27-23(14-19)29-11-3-4-12-29;2*3-2(4,5)1(6)7/h5-10,13-15H,3-4,11-12H2,1-2H3,(H2,26,30)(H,28,31);2*(H,6,7). The summed E-state index contributed by atoms with van der Waals surface area (Å²) in [6, 6.07) is 14.8. The number of pyridine rings is 1. The molecule has 2 aromatic carbocycles. The van der Waals surface area contributed by atoms with E-state index in [1.807, 2.05) is 44.2 Å². The zero-order chi connectivity index (χ0) is 34.1. The number of benzene rings is 2. The van der Waals surface area contributed by atoms with Gasteiger partial charge in [0.1, 0.15) is 5.82 Å². The number of hydrogen-bond donors (Lipinski definition) is 4. The van der Waals surface area contributed by atoms with Crippen LogP contribution in [-0.2, 0) is 9.59 Å². The number of halogens is 6. The van der Waals surface area contributed by atoms with Gasteiger partial charge in [-0.15, -0.1) is 0 Å². The van der Waals surface area contributed by atoms with E-state index in [0.29, 0.717) is 16.8 Å². The number of nitrogens with one attached hydrogen (secondary N) is 1. The highest BCUT2D eigenvalue weighted by Crippen LogP contribution is 2.30. The minimum absolute atomic E-state index is 0.180. The summed E-state index contributed by atoms with van der Waals surface area (Å²) in [6.07, 6.45) is -6.18. The van der Waals surface area contributed by atoms with Crippen molar-refractivity contribution in [3.8, 4) is 11.1 Å². The van der Waals surface area contributed by atoms with Crippen molar-refractivity contribution in [3.63, 3.8) is 0 Å². The summed E-state index contributed by atoms with van der Waals surface area (Å²) in [4.78, 5) is 48.9. The molecule has 1 fully saturated rings. The van der Waals surface area contributed by atoms with E-state index in [0.717, 1.165) is 54.0 Å². The number of carboxylic acids is 2. The molecule has 1 aliphatic rings. The fourth-order valence-electron chi connectivity index (χ4n) is 3.94. The Morgan fingerprint density at radius 3 is 1.76 bits per heavy atom. The summed E-state index contributed by atoms with van der Waals surface area (Å²) < 4.78 is 63.5. The Hall–Kier alpha value is -5.15. The maximum Gasteiger partial charge on any atom is 0.490 e. The van der Waals surface area contributed by atoms with Crippen LogP contribution in [0.3, 0.4) is 0 Å². The van der Waals surface area contributed by atoms with E-state index in [2.05, 4.69) is 15.2 Å². The van der Waals surface area contributed by atoms with Crippen LogP contribution in [0.1, 0.15) is 44.7 Å². The maximum absolute atomic E-state index is 12.9. The molecule has 1 saturated heterocycles. The number of aliphatic carboxylic acids is 2. The van der Waals surface area contributed by atoms with Crippen LogP contribution in [0.5, 0.6) is 0 Å². The fraction of sp³-hybridized carbons (Fsp3) is 0.276. The van der Waals surface area contributed by atoms with Crippen molar-refractivity contribution in [3.05, 3.63) is 77.0 Å². The maximum atomic E-state index is 12.9. The summed E-state index contributed by atoms with van der Waals surface area (Å²) in [5.41, 5.74) is 11.1. The van der Waals surface area contributed by atoms with Gasteiger partial charge >= 0.3 is 24.3 Å². The Kier molecular flexibility index (Phi) is 12.0. The smallest absolute Gasteiger partial charge is 0.475 e. The number of nitrogens with zero attached hydrogens (tertiary/aromatic N) is 2. The number of aromatic nitrogens is 1. The van der Waals surface area contributed by atoms with Gasteiger partial charge in [0.15, 0.2) is 0 Å². The molecule has 0 spiro atoms. The first-order valence-corrected chi connectivity index (χ1v) is 12.9. The molecule has 2 heterocycles. The van der Waals surface area contributed by atoms with Gasteiger partial charge in [0.05, 0.1) is 0 Å². The Morgan fingerprint density at radius 2 is 1.27 bits per heavy atom. The molecule has 5 N–H and O–H groups in total. The molecule has 3 aromatic rings. The number of aryl methyl sites for hydroxylation is 2. The third-order valence-electron chi connectivity index (χ3n) is 6.23. The number of alkyl halides is 6. The molecule has 242 valence electrons. The second-order valence-corrected chi connectivity index (χ2v) is 9.58. The van der Waals surface area contributed by atoms with Crippen LogP contribution in [-0.4, -0.2) is 64.4 Å². The van der Waals surface area contributed by atoms with Crippen LogP contribution in [0.4, 0.5) is 37.8 Å². The van der Waals surface area contributed by atoms with Crippen LogP contribution >= 0.6 is 0 Å². The highest BCUT2D eigenvalue weighted by Gasteiger charge is 2.38. The lowest BCUT2D eigenvalue weighted by Crippen LogP contribution is -2.21. The van der Waals surface area contributed by atoms with E-state index in [1.165, 1.54) is 0 Å². The third kappa shape index (κ3) is 10.8. The third-order valence-corrected chi connectivity index (χ3v) is 6.23. The number of anilines is 2. The number of amides is 2. The normalized spacial score (nSPS) is 12.7. The molecule has 10 nitrogen and oxygen atoms in total. The van der Waals surface area contributed by atoms with E-state index in [-0.39, 0.29) is 5.91 Å². The monoisotopic (exact) mass is 642 g/mol. The van der Waals surface area contributed by atoms with Crippen molar-refractivity contribution in [1.29, 1.82) is 0 Å². The molecule has 0 aliphatic carbocycles. The second-order valence-electron chi connectivity index (χ2n) is 9.58. The number of primary amides is 1. The second kappa shape index (κ2) is 15.0. The summed E-state index contributed by atoms with van der Waals surface area (Å²) >= 11 is 0. The van der Waals surface area contributed by atoms with Crippen molar-refractivity contribution in [2.45, 2.75) is 39.0 Å².